The predicted octanol–water partition coefficient (Wildman–Crippen LogP) is 3.46. The van der Waals surface area contributed by atoms with Crippen LogP contribution >= 0.6 is 31.9 Å². The van der Waals surface area contributed by atoms with E-state index < -0.39 is 0 Å². The van der Waals surface area contributed by atoms with E-state index in [1.54, 1.807) is 0 Å². The van der Waals surface area contributed by atoms with Crippen molar-refractivity contribution in [3.05, 3.63) is 34.8 Å². The molecular weight excluding hydrogens is 244 g/mol. The third-order valence-corrected chi connectivity index (χ3v) is 1.26. The molecule has 9 heavy (non-hydrogen) atoms. The third kappa shape index (κ3) is 4.67. The maximum atomic E-state index is 3.31. The summed E-state index contributed by atoms with van der Waals surface area (Å²) in [5.41, 5.74) is 0. The van der Waals surface area contributed by atoms with Crippen molar-refractivity contribution >= 4 is 31.9 Å². The molecule has 0 unspecified atom stereocenters. The van der Waals surface area contributed by atoms with Crippen LogP contribution in [-0.4, -0.2) is 5.83 Å². The van der Waals surface area contributed by atoms with Crippen molar-refractivity contribution in [1.29, 1.82) is 0 Å². The van der Waals surface area contributed by atoms with Gasteiger partial charge >= 0.3 is 0 Å². The minimum atomic E-state index is 1.13. The zero-order chi connectivity index (χ0) is 7.11. The molecule has 0 aliphatic carbocycles. The first-order valence-electron chi connectivity index (χ1n) is 2.48. The third-order valence-electron chi connectivity index (χ3n) is 0.733. The lowest BCUT2D eigenvalue weighted by molar-refractivity contribution is 1.66. The largest absolute Gasteiger partial charge is 0.0966 e. The highest BCUT2D eigenvalue weighted by atomic mass is 79.9. The Balaban J connectivity index is 0.000000291. The minimum absolute atomic E-state index is 1.13. The molecule has 0 aromatic heterocycles. The molecule has 2 heteroatoms. The van der Waals surface area contributed by atoms with Gasteiger partial charge in [0.1, 0.15) is 0 Å². The Morgan fingerprint density at radius 3 is 1.67 bits per heavy atom. The first-order chi connectivity index (χ1) is 4.39. The molecule has 0 saturated heterocycles. The quantitative estimate of drug-likeness (QED) is 0.620. The van der Waals surface area contributed by atoms with Crippen molar-refractivity contribution in [2.75, 3.05) is 5.83 Å². The molecule has 0 radical (unpaired) electrons. The van der Waals surface area contributed by atoms with Gasteiger partial charge in [0.05, 0.1) is 0 Å². The zero-order valence-corrected chi connectivity index (χ0v) is 8.31. The molecule has 0 spiro atoms. The van der Waals surface area contributed by atoms with E-state index in [9.17, 15) is 0 Å². The first-order valence-corrected chi connectivity index (χ1v) is 4.86. The number of rotatable bonds is 0. The van der Waals surface area contributed by atoms with Crippen molar-refractivity contribution < 1.29 is 0 Å². The lowest BCUT2D eigenvalue weighted by Crippen LogP contribution is -1.55. The minimum Gasteiger partial charge on any atom is -0.0966 e. The van der Waals surface area contributed by atoms with Gasteiger partial charge in [-0.1, -0.05) is 50.1 Å². The fraction of sp³-hybridized carbons (Fsp3) is 0.143. The van der Waals surface area contributed by atoms with Crippen LogP contribution < -0.4 is 0 Å². The molecule has 0 fully saturated rings. The molecule has 0 amide bonds. The number of halogens is 2. The highest BCUT2D eigenvalue weighted by Crippen LogP contribution is 2.05. The summed E-state index contributed by atoms with van der Waals surface area (Å²) < 4.78 is 1.13. The number of hydrogen-bond donors (Lipinski definition) is 0. The Kier molecular flexibility index (Phi) is 6.43. The Morgan fingerprint density at radius 2 is 1.44 bits per heavy atom. The molecule has 0 N–H and O–H groups in total. The van der Waals surface area contributed by atoms with Crippen LogP contribution in [0.3, 0.4) is 0 Å². The molecule has 0 heterocycles. The van der Waals surface area contributed by atoms with Gasteiger partial charge in [0.15, 0.2) is 0 Å². The van der Waals surface area contributed by atoms with Crippen LogP contribution in [0.4, 0.5) is 0 Å². The Bertz CT molecular complexity index is 137. The zero-order valence-electron chi connectivity index (χ0n) is 5.14. The van der Waals surface area contributed by atoms with Gasteiger partial charge in [-0.3, -0.25) is 0 Å². The highest BCUT2D eigenvalue weighted by Gasteiger charge is 1.74. The summed E-state index contributed by atoms with van der Waals surface area (Å²) in [5, 5.41) is 0. The van der Waals surface area contributed by atoms with Crippen LogP contribution in [-0.2, 0) is 0 Å². The summed E-state index contributed by atoms with van der Waals surface area (Å²) in [7, 11) is 0. The van der Waals surface area contributed by atoms with E-state index in [0.29, 0.717) is 0 Å². The van der Waals surface area contributed by atoms with Gasteiger partial charge < -0.3 is 0 Å². The summed E-state index contributed by atoms with van der Waals surface area (Å²) in [6, 6.07) is 9.97. The average Bonchev–Trinajstić information content (AvgIpc) is 1.94. The van der Waals surface area contributed by atoms with E-state index in [4.69, 9.17) is 0 Å². The van der Waals surface area contributed by atoms with Gasteiger partial charge in [0.2, 0.25) is 0 Å². The first kappa shape index (κ1) is 9.18. The monoisotopic (exact) mass is 250 g/mol. The van der Waals surface area contributed by atoms with Crippen molar-refractivity contribution in [2.45, 2.75) is 0 Å². The number of benzene rings is 1. The molecule has 0 atom stereocenters. The lowest BCUT2D eigenvalue weighted by atomic mass is 10.4. The van der Waals surface area contributed by atoms with Gasteiger partial charge in [-0.05, 0) is 18.0 Å². The summed E-state index contributed by atoms with van der Waals surface area (Å²) in [4.78, 5) is 0. The fourth-order valence-electron chi connectivity index (χ4n) is 0.415. The second-order valence-electron chi connectivity index (χ2n) is 1.30. The van der Waals surface area contributed by atoms with E-state index in [-0.39, 0.29) is 0 Å². The summed E-state index contributed by atoms with van der Waals surface area (Å²) >= 11 is 6.25. The Morgan fingerprint density at radius 1 is 1.00 bits per heavy atom. The average molecular weight is 252 g/mol. The maximum Gasteiger partial charge on any atom is 0.0175 e. The molecule has 0 bridgehead atoms. The second kappa shape index (κ2) is 6.30. The highest BCUT2D eigenvalue weighted by molar-refractivity contribution is 9.10. The van der Waals surface area contributed by atoms with Crippen LogP contribution in [0.25, 0.3) is 0 Å². The van der Waals surface area contributed by atoms with Crippen molar-refractivity contribution in [3.63, 3.8) is 0 Å². The lowest BCUT2D eigenvalue weighted by Gasteiger charge is -1.80. The molecule has 1 rings (SSSR count). The Hall–Kier alpha value is 0.180. The van der Waals surface area contributed by atoms with Gasteiger partial charge in [-0.2, -0.15) is 0 Å². The molecule has 50 valence electrons. The van der Waals surface area contributed by atoms with E-state index >= 15 is 0 Å². The topological polar surface area (TPSA) is 0 Å². The van der Waals surface area contributed by atoms with E-state index in [1.807, 2.05) is 36.2 Å². The molecule has 1 aromatic carbocycles. The smallest absolute Gasteiger partial charge is 0.0175 e. The number of hydrogen-bond acceptors (Lipinski definition) is 0. The van der Waals surface area contributed by atoms with E-state index in [0.717, 1.165) is 4.47 Å². The van der Waals surface area contributed by atoms with Gasteiger partial charge in [0, 0.05) is 4.47 Å². The maximum absolute atomic E-state index is 3.31. The standard InChI is InChI=1S/C6H5Br.CH3Br/c7-6-4-2-1-3-5-6;1-2/h1-5H;1H3. The molecule has 0 saturated carbocycles. The molecule has 0 aliphatic heterocycles. The van der Waals surface area contributed by atoms with Crippen molar-refractivity contribution in [3.8, 4) is 0 Å². The number of alkyl halides is 1. The van der Waals surface area contributed by atoms with Crippen molar-refractivity contribution in [1.82, 2.24) is 0 Å². The van der Waals surface area contributed by atoms with Crippen LogP contribution in [0, 0.1) is 0 Å². The molecule has 1 aromatic rings. The van der Waals surface area contributed by atoms with Gasteiger partial charge in [-0.15, -0.1) is 0 Å². The molecule has 0 aliphatic rings. The second-order valence-corrected chi connectivity index (χ2v) is 2.21. The van der Waals surface area contributed by atoms with Crippen LogP contribution in [0.5, 0.6) is 0 Å². The molecular formula is C7H8Br2. The van der Waals surface area contributed by atoms with Crippen LogP contribution in [0.15, 0.2) is 34.8 Å². The fourth-order valence-corrected chi connectivity index (χ4v) is 0.720. The summed E-state index contributed by atoms with van der Waals surface area (Å²) in [6.45, 7) is 0. The van der Waals surface area contributed by atoms with Gasteiger partial charge in [-0.25, -0.2) is 0 Å². The molecule has 0 nitrogen and oxygen atoms in total. The van der Waals surface area contributed by atoms with E-state index in [1.165, 1.54) is 0 Å². The Labute approximate surface area is 72.5 Å². The predicted molar refractivity (Wildman–Crippen MR) is 49.0 cm³/mol. The summed E-state index contributed by atoms with van der Waals surface area (Å²) in [6.07, 6.45) is 0. The van der Waals surface area contributed by atoms with Gasteiger partial charge in [0.25, 0.3) is 0 Å². The summed E-state index contributed by atoms with van der Waals surface area (Å²) in [5.74, 6) is 1.81. The normalized spacial score (nSPS) is 7.44. The van der Waals surface area contributed by atoms with Crippen LogP contribution in [0.1, 0.15) is 0 Å². The SMILES string of the molecule is Brc1ccccc1.CBr. The van der Waals surface area contributed by atoms with Crippen LogP contribution in [0.2, 0.25) is 0 Å². The van der Waals surface area contributed by atoms with E-state index in [2.05, 4.69) is 31.9 Å². The van der Waals surface area contributed by atoms with Crippen molar-refractivity contribution in [2.24, 2.45) is 0 Å².